The number of aliphatic imine (C=N–C) groups is 1. The smallest absolute Gasteiger partial charge is 0.216 e. The number of hydrogen-bond acceptors (Lipinski definition) is 4. The number of hydrogen-bond donors (Lipinski definition) is 3. The van der Waals surface area contributed by atoms with Gasteiger partial charge in [0.25, 0.3) is 0 Å². The third-order valence-electron chi connectivity index (χ3n) is 4.28. The van der Waals surface area contributed by atoms with Crippen molar-refractivity contribution in [2.45, 2.75) is 45.2 Å². The van der Waals surface area contributed by atoms with Crippen LogP contribution in [-0.4, -0.2) is 34.2 Å². The minimum atomic E-state index is 0.505. The van der Waals surface area contributed by atoms with Gasteiger partial charge in [-0.2, -0.15) is 0 Å². The Labute approximate surface area is 136 Å². The Hall–Kier alpha value is -2.31. The molecule has 7 nitrogen and oxygen atoms in total. The molecule has 0 aliphatic heterocycles. The fraction of sp³-hybridized carbons (Fsp3) is 0.562. The minimum absolute atomic E-state index is 0.505. The lowest BCUT2D eigenvalue weighted by molar-refractivity contribution is 0.329. The average Bonchev–Trinajstić information content (AvgIpc) is 3.24. The molecule has 0 atom stereocenters. The minimum Gasteiger partial charge on any atom is -0.461 e. The highest BCUT2D eigenvalue weighted by molar-refractivity contribution is 5.79. The molecule has 124 valence electrons. The first-order valence-electron chi connectivity index (χ1n) is 8.17. The normalized spacial score (nSPS) is 22.1. The van der Waals surface area contributed by atoms with E-state index in [0.717, 1.165) is 17.7 Å². The van der Waals surface area contributed by atoms with Crippen LogP contribution in [-0.2, 0) is 6.54 Å². The van der Waals surface area contributed by atoms with Crippen molar-refractivity contribution in [1.82, 2.24) is 25.8 Å². The van der Waals surface area contributed by atoms with Crippen LogP contribution in [0.2, 0.25) is 0 Å². The van der Waals surface area contributed by atoms with E-state index in [-0.39, 0.29) is 0 Å². The van der Waals surface area contributed by atoms with Crippen molar-refractivity contribution < 1.29 is 4.42 Å². The number of guanidine groups is 1. The van der Waals surface area contributed by atoms with Gasteiger partial charge in [-0.1, -0.05) is 6.92 Å². The second kappa shape index (κ2) is 7.30. The van der Waals surface area contributed by atoms with Crippen LogP contribution < -0.4 is 10.6 Å². The summed E-state index contributed by atoms with van der Waals surface area (Å²) in [6.45, 7) is 2.86. The summed E-state index contributed by atoms with van der Waals surface area (Å²) in [6, 6.07) is 4.16. The Morgan fingerprint density at radius 3 is 2.91 bits per heavy atom. The van der Waals surface area contributed by atoms with Crippen LogP contribution in [0.4, 0.5) is 0 Å². The molecule has 1 aliphatic rings. The molecular formula is C16H24N6O. The van der Waals surface area contributed by atoms with E-state index in [1.165, 1.54) is 25.7 Å². The Balaban J connectivity index is 1.50. The summed E-state index contributed by atoms with van der Waals surface area (Å²) in [5.74, 6) is 3.62. The average molecular weight is 316 g/mol. The zero-order valence-corrected chi connectivity index (χ0v) is 13.7. The lowest BCUT2D eigenvalue weighted by Gasteiger charge is -2.28. The Morgan fingerprint density at radius 2 is 2.22 bits per heavy atom. The monoisotopic (exact) mass is 316 g/mol. The molecule has 2 aromatic heterocycles. The number of aromatic nitrogens is 3. The number of H-pyrrole nitrogens is 1. The fourth-order valence-corrected chi connectivity index (χ4v) is 2.85. The van der Waals surface area contributed by atoms with Crippen molar-refractivity contribution in [3.05, 3.63) is 24.2 Å². The van der Waals surface area contributed by atoms with Gasteiger partial charge >= 0.3 is 0 Å². The van der Waals surface area contributed by atoms with E-state index in [9.17, 15) is 0 Å². The van der Waals surface area contributed by atoms with E-state index in [0.29, 0.717) is 24.2 Å². The number of nitrogens with zero attached hydrogens (tertiary/aromatic N) is 3. The SMILES string of the molecule is CN=C(NCc1nc(-c2ccco2)n[nH]1)NC1CCC(C)CC1. The highest BCUT2D eigenvalue weighted by Crippen LogP contribution is 2.23. The van der Waals surface area contributed by atoms with E-state index in [1.54, 1.807) is 13.3 Å². The Morgan fingerprint density at radius 1 is 1.39 bits per heavy atom. The molecule has 0 radical (unpaired) electrons. The van der Waals surface area contributed by atoms with Crippen LogP contribution in [0, 0.1) is 5.92 Å². The van der Waals surface area contributed by atoms with Crippen LogP contribution in [0.15, 0.2) is 27.8 Å². The van der Waals surface area contributed by atoms with Crippen molar-refractivity contribution in [1.29, 1.82) is 0 Å². The van der Waals surface area contributed by atoms with Gasteiger partial charge in [0.1, 0.15) is 5.82 Å². The first-order chi connectivity index (χ1) is 11.2. The van der Waals surface area contributed by atoms with E-state index >= 15 is 0 Å². The molecule has 0 amide bonds. The second-order valence-electron chi connectivity index (χ2n) is 6.11. The number of furan rings is 1. The predicted molar refractivity (Wildman–Crippen MR) is 88.8 cm³/mol. The van der Waals surface area contributed by atoms with Crippen molar-refractivity contribution in [3.8, 4) is 11.6 Å². The Bertz CT molecular complexity index is 625. The zero-order chi connectivity index (χ0) is 16.1. The van der Waals surface area contributed by atoms with E-state index in [2.05, 4.69) is 37.7 Å². The van der Waals surface area contributed by atoms with Crippen LogP contribution >= 0.6 is 0 Å². The first kappa shape index (κ1) is 15.6. The molecule has 23 heavy (non-hydrogen) atoms. The summed E-state index contributed by atoms with van der Waals surface area (Å²) in [6.07, 6.45) is 6.58. The molecule has 0 aromatic carbocycles. The van der Waals surface area contributed by atoms with Gasteiger partial charge in [-0.05, 0) is 43.7 Å². The standard InChI is InChI=1S/C16H24N6O/c1-11-5-7-12(8-6-11)19-16(17-2)18-10-14-20-15(22-21-14)13-4-3-9-23-13/h3-4,9,11-12H,5-8,10H2,1-2H3,(H2,17,18,19)(H,20,21,22). The molecule has 0 saturated heterocycles. The molecule has 2 heterocycles. The molecule has 2 aromatic rings. The molecule has 0 unspecified atom stereocenters. The lowest BCUT2D eigenvalue weighted by atomic mass is 9.87. The van der Waals surface area contributed by atoms with E-state index in [1.807, 2.05) is 12.1 Å². The van der Waals surface area contributed by atoms with Crippen molar-refractivity contribution in [3.63, 3.8) is 0 Å². The molecule has 3 N–H and O–H groups in total. The van der Waals surface area contributed by atoms with E-state index in [4.69, 9.17) is 4.42 Å². The summed E-state index contributed by atoms with van der Waals surface area (Å²) >= 11 is 0. The molecule has 3 rings (SSSR count). The van der Waals surface area contributed by atoms with Gasteiger partial charge < -0.3 is 15.1 Å². The molecular weight excluding hydrogens is 292 g/mol. The zero-order valence-electron chi connectivity index (χ0n) is 13.7. The van der Waals surface area contributed by atoms with Crippen molar-refractivity contribution in [2.24, 2.45) is 10.9 Å². The van der Waals surface area contributed by atoms with Crippen LogP contribution in [0.3, 0.4) is 0 Å². The molecule has 0 spiro atoms. The third kappa shape index (κ3) is 4.12. The quantitative estimate of drug-likeness (QED) is 0.595. The fourth-order valence-electron chi connectivity index (χ4n) is 2.85. The van der Waals surface area contributed by atoms with Crippen LogP contribution in [0.25, 0.3) is 11.6 Å². The largest absolute Gasteiger partial charge is 0.461 e. The topological polar surface area (TPSA) is 91.1 Å². The van der Waals surface area contributed by atoms with E-state index < -0.39 is 0 Å². The highest BCUT2D eigenvalue weighted by atomic mass is 16.3. The molecule has 7 heteroatoms. The highest BCUT2D eigenvalue weighted by Gasteiger charge is 2.19. The first-order valence-corrected chi connectivity index (χ1v) is 8.17. The summed E-state index contributed by atoms with van der Waals surface area (Å²) in [7, 11) is 1.79. The molecule has 1 aliphatic carbocycles. The van der Waals surface area contributed by atoms with Gasteiger partial charge in [0, 0.05) is 13.1 Å². The third-order valence-corrected chi connectivity index (χ3v) is 4.28. The van der Waals surface area contributed by atoms with Gasteiger partial charge in [0.05, 0.1) is 12.8 Å². The van der Waals surface area contributed by atoms with Gasteiger partial charge in [0.2, 0.25) is 5.82 Å². The molecule has 0 bridgehead atoms. The maximum Gasteiger partial charge on any atom is 0.216 e. The molecule has 1 fully saturated rings. The van der Waals surface area contributed by atoms with Gasteiger partial charge in [-0.25, -0.2) is 4.98 Å². The summed E-state index contributed by atoms with van der Waals surface area (Å²) in [5, 5.41) is 13.8. The van der Waals surface area contributed by atoms with Crippen LogP contribution in [0.5, 0.6) is 0 Å². The van der Waals surface area contributed by atoms with Gasteiger partial charge in [-0.3, -0.25) is 10.1 Å². The van der Waals surface area contributed by atoms with Gasteiger partial charge in [-0.15, -0.1) is 5.10 Å². The summed E-state index contributed by atoms with van der Waals surface area (Å²) in [4.78, 5) is 8.70. The maximum absolute atomic E-state index is 5.29. The maximum atomic E-state index is 5.29. The van der Waals surface area contributed by atoms with Crippen molar-refractivity contribution >= 4 is 5.96 Å². The van der Waals surface area contributed by atoms with Crippen LogP contribution in [0.1, 0.15) is 38.4 Å². The molecule has 1 saturated carbocycles. The summed E-state index contributed by atoms with van der Waals surface area (Å²) in [5.41, 5.74) is 0. The number of rotatable bonds is 4. The second-order valence-corrected chi connectivity index (χ2v) is 6.11. The van der Waals surface area contributed by atoms with Crippen molar-refractivity contribution in [2.75, 3.05) is 7.05 Å². The predicted octanol–water partition coefficient (Wildman–Crippen LogP) is 2.31. The van der Waals surface area contributed by atoms with Gasteiger partial charge in [0.15, 0.2) is 11.7 Å². The summed E-state index contributed by atoms with van der Waals surface area (Å²) < 4.78 is 5.29. The number of aromatic amines is 1. The lowest BCUT2D eigenvalue weighted by Crippen LogP contribution is -2.44. The number of nitrogens with one attached hydrogen (secondary N) is 3. The Kier molecular flexibility index (Phi) is 4.95.